The van der Waals surface area contributed by atoms with Crippen molar-refractivity contribution in [2.75, 3.05) is 0 Å². The molecule has 0 bridgehead atoms. The molecular formula is C32H18O. The Labute approximate surface area is 189 Å². The topological polar surface area (TPSA) is 13.1 Å². The van der Waals surface area contributed by atoms with Crippen LogP contribution in [0.1, 0.15) is 0 Å². The lowest BCUT2D eigenvalue weighted by atomic mass is 9.87. The molecule has 0 atom stereocenters. The Kier molecular flexibility index (Phi) is 3.19. The number of hydrogen-bond donors (Lipinski definition) is 0. The summed E-state index contributed by atoms with van der Waals surface area (Å²) < 4.78 is 6.47. The van der Waals surface area contributed by atoms with Crippen molar-refractivity contribution in [1.82, 2.24) is 0 Å². The maximum atomic E-state index is 6.47. The van der Waals surface area contributed by atoms with Gasteiger partial charge in [-0.05, 0) is 61.6 Å². The zero-order chi connectivity index (χ0) is 21.5. The number of hydrogen-bond acceptors (Lipinski definition) is 1. The van der Waals surface area contributed by atoms with Crippen LogP contribution in [0.2, 0.25) is 0 Å². The van der Waals surface area contributed by atoms with E-state index in [9.17, 15) is 0 Å². The second-order valence-electron chi connectivity index (χ2n) is 8.92. The van der Waals surface area contributed by atoms with Crippen LogP contribution >= 0.6 is 0 Å². The van der Waals surface area contributed by atoms with Crippen molar-refractivity contribution in [1.29, 1.82) is 0 Å². The van der Waals surface area contributed by atoms with Gasteiger partial charge in [0.15, 0.2) is 0 Å². The Bertz CT molecular complexity index is 2020. The highest BCUT2D eigenvalue weighted by molar-refractivity contribution is 6.37. The van der Waals surface area contributed by atoms with E-state index < -0.39 is 0 Å². The molecule has 8 aromatic rings. The molecule has 0 unspecified atom stereocenters. The maximum Gasteiger partial charge on any atom is 0.143 e. The number of para-hydroxylation sites is 1. The summed E-state index contributed by atoms with van der Waals surface area (Å²) in [5.74, 6) is 0. The molecule has 1 heterocycles. The fourth-order valence-electron chi connectivity index (χ4n) is 5.74. The van der Waals surface area contributed by atoms with E-state index >= 15 is 0 Å². The molecule has 1 nitrogen and oxygen atoms in total. The SMILES string of the molecule is c1ccc2cc(-c3cc4cccc5c6c7ccccc7oc6c6cccc3c6c45)ccc2c1. The predicted molar refractivity (Wildman–Crippen MR) is 140 cm³/mol. The second-order valence-corrected chi connectivity index (χ2v) is 8.92. The molecule has 0 aliphatic rings. The summed E-state index contributed by atoms with van der Waals surface area (Å²) in [6.07, 6.45) is 0. The average molecular weight is 418 g/mol. The Hall–Kier alpha value is -4.36. The quantitative estimate of drug-likeness (QED) is 0.242. The third-order valence-electron chi connectivity index (χ3n) is 7.17. The van der Waals surface area contributed by atoms with Gasteiger partial charge >= 0.3 is 0 Å². The zero-order valence-electron chi connectivity index (χ0n) is 17.8. The summed E-state index contributed by atoms with van der Waals surface area (Å²) in [4.78, 5) is 0. The third-order valence-corrected chi connectivity index (χ3v) is 7.17. The van der Waals surface area contributed by atoms with Gasteiger partial charge in [0.2, 0.25) is 0 Å². The Morgan fingerprint density at radius 2 is 1.15 bits per heavy atom. The summed E-state index contributed by atoms with van der Waals surface area (Å²) in [6, 6.07) is 39.4. The van der Waals surface area contributed by atoms with Gasteiger partial charge < -0.3 is 4.42 Å². The van der Waals surface area contributed by atoms with Crippen molar-refractivity contribution < 1.29 is 4.42 Å². The number of fused-ring (bicyclic) bond motifs is 6. The van der Waals surface area contributed by atoms with E-state index in [1.54, 1.807) is 0 Å². The van der Waals surface area contributed by atoms with E-state index in [2.05, 4.69) is 103 Å². The third kappa shape index (κ3) is 2.21. The van der Waals surface area contributed by atoms with Gasteiger partial charge in [-0.1, -0.05) is 91.0 Å². The fraction of sp³-hybridized carbons (Fsp3) is 0. The normalized spacial score (nSPS) is 12.2. The molecule has 0 amide bonds. The zero-order valence-corrected chi connectivity index (χ0v) is 17.8. The number of furan rings is 1. The lowest BCUT2D eigenvalue weighted by Gasteiger charge is -2.16. The molecule has 0 N–H and O–H groups in total. The van der Waals surface area contributed by atoms with E-state index in [0.717, 1.165) is 11.2 Å². The van der Waals surface area contributed by atoms with E-state index in [4.69, 9.17) is 4.42 Å². The van der Waals surface area contributed by atoms with Crippen LogP contribution in [0.15, 0.2) is 114 Å². The van der Waals surface area contributed by atoms with Crippen LogP contribution in [0.3, 0.4) is 0 Å². The monoisotopic (exact) mass is 418 g/mol. The van der Waals surface area contributed by atoms with Crippen molar-refractivity contribution in [2.24, 2.45) is 0 Å². The van der Waals surface area contributed by atoms with Gasteiger partial charge in [0.25, 0.3) is 0 Å². The molecule has 152 valence electrons. The molecule has 0 saturated carbocycles. The minimum absolute atomic E-state index is 0.944. The summed E-state index contributed by atoms with van der Waals surface area (Å²) >= 11 is 0. The van der Waals surface area contributed by atoms with Crippen LogP contribution < -0.4 is 0 Å². The largest absolute Gasteiger partial charge is 0.455 e. The first-order chi connectivity index (χ1) is 16.4. The molecule has 8 rings (SSSR count). The van der Waals surface area contributed by atoms with Gasteiger partial charge in [-0.2, -0.15) is 0 Å². The minimum Gasteiger partial charge on any atom is -0.455 e. The van der Waals surface area contributed by atoms with Gasteiger partial charge in [-0.25, -0.2) is 0 Å². The minimum atomic E-state index is 0.944. The van der Waals surface area contributed by atoms with Gasteiger partial charge in [0.1, 0.15) is 11.2 Å². The molecule has 7 aromatic carbocycles. The van der Waals surface area contributed by atoms with Crippen LogP contribution in [0.5, 0.6) is 0 Å². The van der Waals surface area contributed by atoms with Crippen LogP contribution in [-0.2, 0) is 0 Å². The van der Waals surface area contributed by atoms with Gasteiger partial charge in [-0.3, -0.25) is 0 Å². The smallest absolute Gasteiger partial charge is 0.143 e. The standard InChI is InChI=1S/C32H18O/c1-2-8-20-17-21(16-15-19(20)7-1)27-18-22-9-5-12-25-29(22)30-23(27)11-6-13-26(30)32-31(25)24-10-3-4-14-28(24)33-32/h1-18H. The van der Waals surface area contributed by atoms with E-state index in [-0.39, 0.29) is 0 Å². The fourth-order valence-corrected chi connectivity index (χ4v) is 5.74. The van der Waals surface area contributed by atoms with Crippen molar-refractivity contribution >= 4 is 65.0 Å². The predicted octanol–water partition coefficient (Wildman–Crippen LogP) is 9.30. The number of benzene rings is 7. The average Bonchev–Trinajstić information content (AvgIpc) is 3.27. The van der Waals surface area contributed by atoms with Crippen molar-refractivity contribution in [2.45, 2.75) is 0 Å². The van der Waals surface area contributed by atoms with E-state index in [0.29, 0.717) is 0 Å². The first kappa shape index (κ1) is 17.2. The molecule has 0 aliphatic carbocycles. The van der Waals surface area contributed by atoms with Crippen molar-refractivity contribution in [3.8, 4) is 11.1 Å². The first-order valence-electron chi connectivity index (χ1n) is 11.4. The van der Waals surface area contributed by atoms with Crippen LogP contribution in [0, 0.1) is 0 Å². The summed E-state index contributed by atoms with van der Waals surface area (Å²) in [6.45, 7) is 0. The molecule has 0 spiro atoms. The van der Waals surface area contributed by atoms with Gasteiger partial charge in [0, 0.05) is 21.5 Å². The van der Waals surface area contributed by atoms with Crippen LogP contribution in [0.4, 0.5) is 0 Å². The van der Waals surface area contributed by atoms with E-state index in [1.165, 1.54) is 65.0 Å². The summed E-state index contributed by atoms with van der Waals surface area (Å²) in [5.41, 5.74) is 4.44. The lowest BCUT2D eigenvalue weighted by Crippen LogP contribution is -1.89. The number of rotatable bonds is 1. The Morgan fingerprint density at radius 3 is 2.12 bits per heavy atom. The highest BCUT2D eigenvalue weighted by atomic mass is 16.3. The molecule has 0 radical (unpaired) electrons. The highest BCUT2D eigenvalue weighted by Gasteiger charge is 2.20. The van der Waals surface area contributed by atoms with Gasteiger partial charge in [0.05, 0.1) is 0 Å². The Morgan fingerprint density at radius 1 is 0.424 bits per heavy atom. The molecule has 33 heavy (non-hydrogen) atoms. The molecule has 0 aliphatic heterocycles. The van der Waals surface area contributed by atoms with Crippen molar-refractivity contribution in [3.63, 3.8) is 0 Å². The molecule has 0 fully saturated rings. The van der Waals surface area contributed by atoms with Crippen LogP contribution in [0.25, 0.3) is 76.2 Å². The molecule has 0 saturated heterocycles. The highest BCUT2D eigenvalue weighted by Crippen LogP contribution is 2.46. The van der Waals surface area contributed by atoms with Crippen molar-refractivity contribution in [3.05, 3.63) is 109 Å². The summed E-state index contributed by atoms with van der Waals surface area (Å²) in [5, 5.41) is 12.5. The first-order valence-corrected chi connectivity index (χ1v) is 11.4. The lowest BCUT2D eigenvalue weighted by molar-refractivity contribution is 0.673. The maximum absolute atomic E-state index is 6.47. The van der Waals surface area contributed by atoms with E-state index in [1.807, 2.05) is 6.07 Å². The molecule has 1 heteroatoms. The molecule has 1 aromatic heterocycles. The Balaban J connectivity index is 1.60. The summed E-state index contributed by atoms with van der Waals surface area (Å²) in [7, 11) is 0. The van der Waals surface area contributed by atoms with Crippen LogP contribution in [-0.4, -0.2) is 0 Å². The second kappa shape index (κ2) is 6.11. The van der Waals surface area contributed by atoms with Gasteiger partial charge in [-0.15, -0.1) is 0 Å². The molecular weight excluding hydrogens is 400 g/mol.